The predicted molar refractivity (Wildman–Crippen MR) is 37.0 cm³/mol. The Morgan fingerprint density at radius 1 is 1.75 bits per heavy atom. The van der Waals surface area contributed by atoms with Crippen molar-refractivity contribution in [3.05, 3.63) is 12.7 Å². The molecule has 2 heteroatoms. The van der Waals surface area contributed by atoms with Gasteiger partial charge in [-0.3, -0.25) is 0 Å². The van der Waals surface area contributed by atoms with Crippen LogP contribution in [0.1, 0.15) is 12.8 Å². The lowest BCUT2D eigenvalue weighted by Gasteiger charge is -2.13. The number of hydrogen-bond donors (Lipinski definition) is 0. The lowest BCUT2D eigenvalue weighted by molar-refractivity contribution is 0.125. The molecule has 1 nitrogen and oxygen atoms in total. The Hall–Kier alpha value is 0.180. The summed E-state index contributed by atoms with van der Waals surface area (Å²) in [6.45, 7) is 4.50. The fourth-order valence-electron chi connectivity index (χ4n) is 0.788. The first-order valence-electron chi connectivity index (χ1n) is 2.73. The molecule has 0 amide bonds. The average molecular weight is 177 g/mol. The van der Waals surface area contributed by atoms with E-state index in [1.165, 1.54) is 0 Å². The van der Waals surface area contributed by atoms with E-state index in [2.05, 4.69) is 22.5 Å². The van der Waals surface area contributed by atoms with E-state index >= 15 is 0 Å². The minimum atomic E-state index is -0.188. The minimum absolute atomic E-state index is 0.188. The van der Waals surface area contributed by atoms with Gasteiger partial charge in [-0.2, -0.15) is 0 Å². The Morgan fingerprint density at radius 3 is 2.75 bits per heavy atom. The van der Waals surface area contributed by atoms with E-state index in [0.29, 0.717) is 0 Å². The van der Waals surface area contributed by atoms with Gasteiger partial charge >= 0.3 is 0 Å². The Bertz CT molecular complexity index is 94.7. The number of alkyl halides is 1. The molecule has 0 spiro atoms. The Morgan fingerprint density at radius 2 is 2.50 bits per heavy atom. The Kier molecular flexibility index (Phi) is 1.73. The summed E-state index contributed by atoms with van der Waals surface area (Å²) in [7, 11) is 0. The van der Waals surface area contributed by atoms with Crippen LogP contribution in [0.3, 0.4) is 0 Å². The van der Waals surface area contributed by atoms with Gasteiger partial charge in [0.25, 0.3) is 0 Å². The van der Waals surface area contributed by atoms with Crippen molar-refractivity contribution < 1.29 is 4.74 Å². The van der Waals surface area contributed by atoms with Crippen LogP contribution in [0.15, 0.2) is 12.7 Å². The minimum Gasteiger partial charge on any atom is -0.360 e. The highest BCUT2D eigenvalue weighted by molar-refractivity contribution is 9.10. The van der Waals surface area contributed by atoms with E-state index in [4.69, 9.17) is 4.74 Å². The molecule has 8 heavy (non-hydrogen) atoms. The molecule has 0 aromatic rings. The Balaban J connectivity index is 2.52. The smallest absolute Gasteiger partial charge is 0.141 e. The number of ether oxygens (including phenoxy) is 1. The molecule has 1 atom stereocenters. The predicted octanol–water partition coefficient (Wildman–Crippen LogP) is 2.07. The Labute approximate surface area is 57.8 Å². The standard InChI is InChI=1S/C6H9BrO/c1-2-6(7)4-3-5-8-6/h2H,1,3-5H2. The zero-order valence-electron chi connectivity index (χ0n) is 4.69. The molecule has 0 aromatic carbocycles. The van der Waals surface area contributed by atoms with E-state index in [1.54, 1.807) is 6.08 Å². The van der Waals surface area contributed by atoms with E-state index in [9.17, 15) is 0 Å². The van der Waals surface area contributed by atoms with Gasteiger partial charge in [0.1, 0.15) is 4.51 Å². The van der Waals surface area contributed by atoms with Crippen LogP contribution in [0.25, 0.3) is 0 Å². The van der Waals surface area contributed by atoms with Crippen LogP contribution in [0.2, 0.25) is 0 Å². The van der Waals surface area contributed by atoms with Gasteiger partial charge in [-0.15, -0.1) is 0 Å². The molecule has 0 saturated carbocycles. The van der Waals surface area contributed by atoms with Crippen molar-refractivity contribution in [2.45, 2.75) is 17.4 Å². The molecule has 0 N–H and O–H groups in total. The van der Waals surface area contributed by atoms with Crippen LogP contribution in [-0.4, -0.2) is 11.1 Å². The first kappa shape index (κ1) is 6.30. The van der Waals surface area contributed by atoms with Gasteiger partial charge in [-0.25, -0.2) is 0 Å². The molecule has 0 radical (unpaired) electrons. The van der Waals surface area contributed by atoms with Crippen LogP contribution in [-0.2, 0) is 4.74 Å². The lowest BCUT2D eigenvalue weighted by atomic mass is 10.2. The molecule has 0 aliphatic carbocycles. The third kappa shape index (κ3) is 1.12. The molecule has 1 heterocycles. The second kappa shape index (κ2) is 2.19. The lowest BCUT2D eigenvalue weighted by Crippen LogP contribution is -2.13. The SMILES string of the molecule is C=CC1(Br)CCCO1. The molecule has 0 bridgehead atoms. The molecular weight excluding hydrogens is 168 g/mol. The summed E-state index contributed by atoms with van der Waals surface area (Å²) in [5.41, 5.74) is 0. The molecule has 46 valence electrons. The molecule has 0 aromatic heterocycles. The van der Waals surface area contributed by atoms with Crippen LogP contribution >= 0.6 is 15.9 Å². The van der Waals surface area contributed by atoms with E-state index in [0.717, 1.165) is 19.4 Å². The van der Waals surface area contributed by atoms with Gasteiger partial charge < -0.3 is 4.74 Å². The fraction of sp³-hybridized carbons (Fsp3) is 0.667. The third-order valence-electron chi connectivity index (χ3n) is 1.31. The topological polar surface area (TPSA) is 9.23 Å². The molecule has 1 fully saturated rings. The monoisotopic (exact) mass is 176 g/mol. The van der Waals surface area contributed by atoms with Gasteiger partial charge in [0, 0.05) is 6.61 Å². The first-order chi connectivity index (χ1) is 3.77. The zero-order valence-corrected chi connectivity index (χ0v) is 6.28. The average Bonchev–Trinajstić information content (AvgIpc) is 2.17. The second-order valence-electron chi connectivity index (χ2n) is 1.94. The summed E-state index contributed by atoms with van der Waals surface area (Å²) in [4.78, 5) is 0. The fourth-order valence-corrected chi connectivity index (χ4v) is 1.23. The number of halogens is 1. The van der Waals surface area contributed by atoms with Gasteiger partial charge in [0.15, 0.2) is 0 Å². The van der Waals surface area contributed by atoms with Crippen molar-refractivity contribution >= 4 is 15.9 Å². The van der Waals surface area contributed by atoms with E-state index in [1.807, 2.05) is 0 Å². The van der Waals surface area contributed by atoms with Crippen molar-refractivity contribution in [3.63, 3.8) is 0 Å². The largest absolute Gasteiger partial charge is 0.360 e. The van der Waals surface area contributed by atoms with Crippen molar-refractivity contribution in [3.8, 4) is 0 Å². The highest BCUT2D eigenvalue weighted by Gasteiger charge is 2.27. The molecule has 1 rings (SSSR count). The third-order valence-corrected chi connectivity index (χ3v) is 2.26. The summed E-state index contributed by atoms with van der Waals surface area (Å²) in [6.07, 6.45) is 3.99. The van der Waals surface area contributed by atoms with Crippen LogP contribution in [0, 0.1) is 0 Å². The summed E-state index contributed by atoms with van der Waals surface area (Å²) < 4.78 is 5.10. The molecule has 1 unspecified atom stereocenters. The summed E-state index contributed by atoms with van der Waals surface area (Å²) in [6, 6.07) is 0. The van der Waals surface area contributed by atoms with Crippen molar-refractivity contribution in [2.75, 3.05) is 6.61 Å². The van der Waals surface area contributed by atoms with Crippen molar-refractivity contribution in [2.24, 2.45) is 0 Å². The van der Waals surface area contributed by atoms with Crippen LogP contribution in [0.5, 0.6) is 0 Å². The van der Waals surface area contributed by atoms with E-state index in [-0.39, 0.29) is 4.51 Å². The van der Waals surface area contributed by atoms with Crippen molar-refractivity contribution in [1.82, 2.24) is 0 Å². The second-order valence-corrected chi connectivity index (χ2v) is 3.28. The van der Waals surface area contributed by atoms with Gasteiger partial charge in [0.2, 0.25) is 0 Å². The number of hydrogen-bond acceptors (Lipinski definition) is 1. The highest BCUT2D eigenvalue weighted by atomic mass is 79.9. The maximum absolute atomic E-state index is 5.29. The summed E-state index contributed by atoms with van der Waals surface area (Å²) >= 11 is 3.40. The maximum atomic E-state index is 5.29. The maximum Gasteiger partial charge on any atom is 0.141 e. The van der Waals surface area contributed by atoms with E-state index < -0.39 is 0 Å². The molecule has 1 aliphatic rings. The zero-order chi connectivity index (χ0) is 6.04. The first-order valence-corrected chi connectivity index (χ1v) is 3.53. The normalized spacial score (nSPS) is 37.6. The van der Waals surface area contributed by atoms with Gasteiger partial charge in [-0.1, -0.05) is 6.58 Å². The van der Waals surface area contributed by atoms with Crippen molar-refractivity contribution in [1.29, 1.82) is 0 Å². The quantitative estimate of drug-likeness (QED) is 0.440. The molecule has 1 aliphatic heterocycles. The summed E-state index contributed by atoms with van der Waals surface area (Å²) in [5.74, 6) is 0. The summed E-state index contributed by atoms with van der Waals surface area (Å²) in [5, 5.41) is 0. The van der Waals surface area contributed by atoms with Gasteiger partial charge in [-0.05, 0) is 34.8 Å². The van der Waals surface area contributed by atoms with Crippen LogP contribution < -0.4 is 0 Å². The molecule has 1 saturated heterocycles. The van der Waals surface area contributed by atoms with Gasteiger partial charge in [0.05, 0.1) is 0 Å². The number of rotatable bonds is 1. The van der Waals surface area contributed by atoms with Crippen LogP contribution in [0.4, 0.5) is 0 Å². The highest BCUT2D eigenvalue weighted by Crippen LogP contribution is 2.32. The molecular formula is C6H9BrO.